The molecule has 1 nitrogen and oxygen atoms in total. The largest absolute Gasteiger partial charge is 0.310 e. The van der Waals surface area contributed by atoms with Crippen LogP contribution in [0.1, 0.15) is 43.2 Å². The number of thiophene rings is 1. The van der Waals surface area contributed by atoms with Crippen LogP contribution in [0.3, 0.4) is 0 Å². The minimum absolute atomic E-state index is 0.193. The molecule has 6 aromatic carbocycles. The number of para-hydroxylation sites is 1. The fraction of sp³-hybridized carbons (Fsp3) is 0.217. The van der Waals surface area contributed by atoms with Crippen LogP contribution >= 0.6 is 11.3 Å². The Morgan fingerprint density at radius 1 is 0.479 bits per heavy atom. The summed E-state index contributed by atoms with van der Waals surface area (Å²) in [6.45, 7) is 0. The van der Waals surface area contributed by atoms with Gasteiger partial charge in [0, 0.05) is 42.6 Å². The fourth-order valence-electron chi connectivity index (χ4n) is 11.1. The molecule has 48 heavy (non-hydrogen) atoms. The molecule has 4 saturated carbocycles. The molecule has 5 aliphatic rings. The summed E-state index contributed by atoms with van der Waals surface area (Å²) in [4.78, 5) is 2.47. The van der Waals surface area contributed by atoms with Crippen molar-refractivity contribution in [3.63, 3.8) is 0 Å². The van der Waals surface area contributed by atoms with Gasteiger partial charge in [-0.05, 0) is 132 Å². The third-order valence-electron chi connectivity index (χ3n) is 12.6. The highest BCUT2D eigenvalue weighted by molar-refractivity contribution is 7.26. The number of fused-ring (bicyclic) bond motifs is 6. The molecule has 0 atom stereocenters. The number of hydrogen-bond acceptors (Lipinski definition) is 2. The zero-order valence-electron chi connectivity index (χ0n) is 27.0. The predicted molar refractivity (Wildman–Crippen MR) is 203 cm³/mol. The van der Waals surface area contributed by atoms with Crippen LogP contribution in [0.5, 0.6) is 0 Å². The highest BCUT2D eigenvalue weighted by Gasteiger charge is 2.61. The van der Waals surface area contributed by atoms with Gasteiger partial charge >= 0.3 is 0 Å². The Labute approximate surface area is 286 Å². The molecule has 1 heterocycles. The Morgan fingerprint density at radius 3 is 1.98 bits per heavy atom. The maximum absolute atomic E-state index is 2.55. The number of rotatable bonds is 4. The first-order valence-corrected chi connectivity index (χ1v) is 18.7. The van der Waals surface area contributed by atoms with Crippen LogP contribution in [-0.2, 0) is 5.41 Å². The normalized spacial score (nSPS) is 24.8. The summed E-state index contributed by atoms with van der Waals surface area (Å²) in [7, 11) is 0. The first-order chi connectivity index (χ1) is 23.8. The summed E-state index contributed by atoms with van der Waals surface area (Å²) >= 11 is 1.90. The van der Waals surface area contributed by atoms with E-state index in [0.29, 0.717) is 0 Å². The van der Waals surface area contributed by atoms with E-state index in [9.17, 15) is 0 Å². The van der Waals surface area contributed by atoms with Gasteiger partial charge in [0.15, 0.2) is 0 Å². The molecule has 1 aromatic heterocycles. The Balaban J connectivity index is 1.08. The molecule has 0 unspecified atom stereocenters. The predicted octanol–water partition coefficient (Wildman–Crippen LogP) is 12.9. The van der Waals surface area contributed by atoms with Gasteiger partial charge in [-0.3, -0.25) is 0 Å². The van der Waals surface area contributed by atoms with Crippen molar-refractivity contribution in [2.24, 2.45) is 23.7 Å². The minimum atomic E-state index is 0.193. The van der Waals surface area contributed by atoms with Crippen LogP contribution in [0.15, 0.2) is 140 Å². The molecule has 5 aliphatic carbocycles. The van der Waals surface area contributed by atoms with Crippen LogP contribution in [0.25, 0.3) is 42.4 Å². The fourth-order valence-corrected chi connectivity index (χ4v) is 12.3. The van der Waals surface area contributed by atoms with Crippen LogP contribution in [-0.4, -0.2) is 0 Å². The van der Waals surface area contributed by atoms with Gasteiger partial charge in [-0.15, -0.1) is 11.3 Å². The first-order valence-electron chi connectivity index (χ1n) is 17.9. The van der Waals surface area contributed by atoms with Crippen molar-refractivity contribution < 1.29 is 0 Å². The summed E-state index contributed by atoms with van der Waals surface area (Å²) in [5.41, 5.74) is 12.5. The highest BCUT2D eigenvalue weighted by atomic mass is 32.1. The Bertz CT molecular complexity index is 2350. The molecule has 4 fully saturated rings. The molecule has 12 rings (SSSR count). The van der Waals surface area contributed by atoms with E-state index in [1.54, 1.807) is 11.1 Å². The maximum atomic E-state index is 2.55. The zero-order chi connectivity index (χ0) is 31.4. The summed E-state index contributed by atoms with van der Waals surface area (Å²) in [5, 5.41) is 2.69. The Kier molecular flexibility index (Phi) is 5.79. The smallest absolute Gasteiger partial charge is 0.0468 e. The van der Waals surface area contributed by atoms with Crippen molar-refractivity contribution in [1.29, 1.82) is 0 Å². The second kappa shape index (κ2) is 10.2. The van der Waals surface area contributed by atoms with Gasteiger partial charge < -0.3 is 4.90 Å². The lowest BCUT2D eigenvalue weighted by molar-refractivity contribution is -0.0399. The minimum Gasteiger partial charge on any atom is -0.310 e. The van der Waals surface area contributed by atoms with E-state index in [1.165, 1.54) is 91.6 Å². The van der Waals surface area contributed by atoms with Crippen molar-refractivity contribution in [3.05, 3.63) is 151 Å². The molecule has 7 aromatic rings. The third-order valence-corrected chi connectivity index (χ3v) is 13.8. The lowest BCUT2D eigenvalue weighted by Gasteiger charge is -2.61. The van der Waals surface area contributed by atoms with Gasteiger partial charge in [0.2, 0.25) is 0 Å². The number of benzene rings is 6. The van der Waals surface area contributed by atoms with E-state index >= 15 is 0 Å². The zero-order valence-corrected chi connectivity index (χ0v) is 27.8. The maximum Gasteiger partial charge on any atom is 0.0468 e. The molecule has 4 bridgehead atoms. The average molecular weight is 636 g/mol. The molecular formula is C46H37NS. The average Bonchev–Trinajstić information content (AvgIpc) is 3.65. The lowest BCUT2D eigenvalue weighted by atomic mass is 9.43. The third kappa shape index (κ3) is 3.73. The van der Waals surface area contributed by atoms with Crippen LogP contribution in [0, 0.1) is 23.7 Å². The van der Waals surface area contributed by atoms with Gasteiger partial charge in [-0.25, -0.2) is 0 Å². The monoisotopic (exact) mass is 635 g/mol. The van der Waals surface area contributed by atoms with Crippen molar-refractivity contribution in [1.82, 2.24) is 0 Å². The van der Waals surface area contributed by atoms with Crippen molar-refractivity contribution in [3.8, 4) is 22.3 Å². The number of anilines is 3. The summed E-state index contributed by atoms with van der Waals surface area (Å²) < 4.78 is 2.70. The van der Waals surface area contributed by atoms with Crippen molar-refractivity contribution in [2.45, 2.75) is 37.5 Å². The SMILES string of the molecule is c1ccc(N(c2cccc(-c3cccc4c3sc3ccccc34)c2)c2ccc3c(c2)-c2ccccc2C32C3CC4CC(C3)CC2C4)cc1. The Morgan fingerprint density at radius 2 is 1.12 bits per heavy atom. The van der Waals surface area contributed by atoms with E-state index in [1.807, 2.05) is 11.3 Å². The van der Waals surface area contributed by atoms with E-state index < -0.39 is 0 Å². The molecule has 232 valence electrons. The first kappa shape index (κ1) is 27.3. The standard InChI is InChI=1S/C46H37NS/c1-2-11-34(12-3-1)47(35-13-8-10-31(27-35)37-16-9-17-40-39-15-5-7-19-44(39)48-45(37)40)36-20-21-43-41(28-36)38-14-4-6-18-42(38)46(43)32-23-29-22-30(25-32)26-33(46)24-29/h1-21,27-30,32-33H,22-26H2. The molecule has 0 aliphatic heterocycles. The summed E-state index contributed by atoms with van der Waals surface area (Å²) in [5.74, 6) is 3.46. The topological polar surface area (TPSA) is 3.24 Å². The van der Waals surface area contributed by atoms with Gasteiger partial charge in [-0.1, -0.05) is 97.1 Å². The van der Waals surface area contributed by atoms with Crippen LogP contribution in [0.4, 0.5) is 17.1 Å². The van der Waals surface area contributed by atoms with Gasteiger partial charge in [0.25, 0.3) is 0 Å². The van der Waals surface area contributed by atoms with Crippen molar-refractivity contribution in [2.75, 3.05) is 4.90 Å². The van der Waals surface area contributed by atoms with E-state index in [-0.39, 0.29) is 5.41 Å². The van der Waals surface area contributed by atoms with Crippen LogP contribution < -0.4 is 4.90 Å². The Hall–Kier alpha value is -4.66. The van der Waals surface area contributed by atoms with E-state index in [4.69, 9.17) is 0 Å². The number of nitrogens with zero attached hydrogens (tertiary/aromatic N) is 1. The molecule has 1 spiro atoms. The number of hydrogen-bond donors (Lipinski definition) is 0. The van der Waals surface area contributed by atoms with Gasteiger partial charge in [0.05, 0.1) is 0 Å². The molecule has 0 radical (unpaired) electrons. The molecule has 2 heteroatoms. The van der Waals surface area contributed by atoms with Crippen molar-refractivity contribution >= 4 is 48.6 Å². The van der Waals surface area contributed by atoms with Gasteiger partial charge in [0.1, 0.15) is 0 Å². The van der Waals surface area contributed by atoms with E-state index in [0.717, 1.165) is 23.7 Å². The quantitative estimate of drug-likeness (QED) is 0.186. The summed E-state index contributed by atoms with van der Waals surface area (Å²) in [6.07, 6.45) is 7.14. The second-order valence-corrected chi connectivity index (χ2v) is 16.0. The molecule has 0 N–H and O–H groups in total. The second-order valence-electron chi connectivity index (χ2n) is 15.0. The van der Waals surface area contributed by atoms with Gasteiger partial charge in [-0.2, -0.15) is 0 Å². The van der Waals surface area contributed by atoms with E-state index in [2.05, 4.69) is 144 Å². The van der Waals surface area contributed by atoms with Crippen LogP contribution in [0.2, 0.25) is 0 Å². The summed E-state index contributed by atoms with van der Waals surface area (Å²) in [6, 6.07) is 52.7. The highest BCUT2D eigenvalue weighted by Crippen LogP contribution is 2.69. The molecule has 0 saturated heterocycles. The molecular weight excluding hydrogens is 599 g/mol. The molecule has 0 amide bonds. The lowest BCUT2D eigenvalue weighted by Crippen LogP contribution is -2.55.